The van der Waals surface area contributed by atoms with Gasteiger partial charge in [0.1, 0.15) is 0 Å². The maximum Gasteiger partial charge on any atom is 0.269 e. The number of nitro benzene ring substituents is 1. The molecule has 1 aromatic carbocycles. The second-order valence-electron chi connectivity index (χ2n) is 3.98. The third-order valence-electron chi connectivity index (χ3n) is 2.65. The van der Waals surface area contributed by atoms with Crippen LogP contribution in [0.15, 0.2) is 41.1 Å². The molecule has 0 radical (unpaired) electrons. The quantitative estimate of drug-likeness (QED) is 0.494. The summed E-state index contributed by atoms with van der Waals surface area (Å²) in [6, 6.07) is 8.77. The Morgan fingerprint density at radius 3 is 2.56 bits per heavy atom. The van der Waals surface area contributed by atoms with Gasteiger partial charge < -0.3 is 5.32 Å². The molecule has 0 unspecified atom stereocenters. The third-order valence-corrected chi connectivity index (χ3v) is 3.38. The number of hydrogen-bond acceptors (Lipinski definition) is 4. The van der Waals surface area contributed by atoms with Crippen LogP contribution in [0.1, 0.15) is 11.1 Å². The van der Waals surface area contributed by atoms with E-state index in [1.807, 2.05) is 0 Å². The number of thiophene rings is 1. The summed E-state index contributed by atoms with van der Waals surface area (Å²) in [6.45, 7) is 1.65. The molecule has 0 amide bonds. The van der Waals surface area contributed by atoms with E-state index in [0.29, 0.717) is 0 Å². The van der Waals surface area contributed by atoms with Crippen molar-refractivity contribution in [3.63, 3.8) is 0 Å². The number of nitro groups is 1. The topological polar surface area (TPSA) is 55.2 Å². The molecule has 2 rings (SSSR count). The monoisotopic (exact) mass is 262 g/mol. The Morgan fingerprint density at radius 2 is 1.94 bits per heavy atom. The molecule has 1 heterocycles. The highest BCUT2D eigenvalue weighted by atomic mass is 32.1. The number of benzene rings is 1. The largest absolute Gasteiger partial charge is 0.312 e. The van der Waals surface area contributed by atoms with Gasteiger partial charge in [-0.25, -0.2) is 0 Å². The lowest BCUT2D eigenvalue weighted by Crippen LogP contribution is -2.16. The average molecular weight is 262 g/mol. The zero-order chi connectivity index (χ0) is 12.8. The van der Waals surface area contributed by atoms with Gasteiger partial charge in [0.25, 0.3) is 5.69 Å². The molecular weight excluding hydrogens is 248 g/mol. The maximum atomic E-state index is 10.5. The number of non-ortho nitro benzene ring substituents is 1. The van der Waals surface area contributed by atoms with Gasteiger partial charge >= 0.3 is 0 Å². The van der Waals surface area contributed by atoms with Gasteiger partial charge in [-0.1, -0.05) is 12.1 Å². The summed E-state index contributed by atoms with van der Waals surface area (Å²) in [7, 11) is 0. The van der Waals surface area contributed by atoms with Crippen molar-refractivity contribution in [2.24, 2.45) is 0 Å². The molecule has 1 aromatic heterocycles. The fourth-order valence-corrected chi connectivity index (χ4v) is 2.34. The van der Waals surface area contributed by atoms with E-state index in [1.54, 1.807) is 23.5 Å². The average Bonchev–Trinajstić information content (AvgIpc) is 2.88. The molecule has 0 saturated carbocycles. The molecule has 1 N–H and O–H groups in total. The SMILES string of the molecule is O=[N+]([O-])c1ccc(CNCCc2ccsc2)cc1. The molecule has 0 saturated heterocycles. The summed E-state index contributed by atoms with van der Waals surface area (Å²) in [5.74, 6) is 0. The van der Waals surface area contributed by atoms with Gasteiger partial charge in [0.15, 0.2) is 0 Å². The number of nitrogens with one attached hydrogen (secondary N) is 1. The standard InChI is InChI=1S/C13H14N2O2S/c16-15(17)13-3-1-11(2-4-13)9-14-7-5-12-6-8-18-10-12/h1-4,6,8,10,14H,5,7,9H2. The lowest BCUT2D eigenvalue weighted by atomic mass is 10.2. The van der Waals surface area contributed by atoms with Crippen LogP contribution in [-0.4, -0.2) is 11.5 Å². The van der Waals surface area contributed by atoms with E-state index in [0.717, 1.165) is 25.1 Å². The molecule has 0 atom stereocenters. The minimum atomic E-state index is -0.381. The lowest BCUT2D eigenvalue weighted by molar-refractivity contribution is -0.384. The summed E-state index contributed by atoms with van der Waals surface area (Å²) in [6.07, 6.45) is 1.01. The highest BCUT2D eigenvalue weighted by molar-refractivity contribution is 7.07. The van der Waals surface area contributed by atoms with Crippen LogP contribution in [0, 0.1) is 10.1 Å². The van der Waals surface area contributed by atoms with Crippen molar-refractivity contribution >= 4 is 17.0 Å². The molecule has 0 aliphatic carbocycles. The van der Waals surface area contributed by atoms with Crippen molar-refractivity contribution in [3.8, 4) is 0 Å². The summed E-state index contributed by atoms with van der Waals surface area (Å²) in [4.78, 5) is 10.1. The molecule has 94 valence electrons. The van der Waals surface area contributed by atoms with Crippen LogP contribution in [0.2, 0.25) is 0 Å². The molecular formula is C13H14N2O2S. The van der Waals surface area contributed by atoms with Gasteiger partial charge in [0.05, 0.1) is 4.92 Å². The van der Waals surface area contributed by atoms with Crippen molar-refractivity contribution in [2.75, 3.05) is 6.54 Å². The van der Waals surface area contributed by atoms with E-state index in [4.69, 9.17) is 0 Å². The molecule has 0 fully saturated rings. The van der Waals surface area contributed by atoms with Crippen LogP contribution in [0.25, 0.3) is 0 Å². The highest BCUT2D eigenvalue weighted by Gasteiger charge is 2.03. The Labute approximate surface area is 109 Å². The molecule has 5 heteroatoms. The van der Waals surface area contributed by atoms with Crippen LogP contribution < -0.4 is 5.32 Å². The first kappa shape index (κ1) is 12.7. The Balaban J connectivity index is 1.75. The first-order chi connectivity index (χ1) is 8.75. The van der Waals surface area contributed by atoms with E-state index in [-0.39, 0.29) is 10.6 Å². The zero-order valence-corrected chi connectivity index (χ0v) is 10.7. The van der Waals surface area contributed by atoms with Crippen LogP contribution in [-0.2, 0) is 13.0 Å². The Hall–Kier alpha value is -1.72. The smallest absolute Gasteiger partial charge is 0.269 e. The molecule has 0 spiro atoms. The predicted molar refractivity (Wildman–Crippen MR) is 72.8 cm³/mol. The number of hydrogen-bond donors (Lipinski definition) is 1. The first-order valence-electron chi connectivity index (χ1n) is 5.71. The Morgan fingerprint density at radius 1 is 1.17 bits per heavy atom. The fourth-order valence-electron chi connectivity index (χ4n) is 1.64. The van der Waals surface area contributed by atoms with Crippen molar-refractivity contribution in [3.05, 3.63) is 62.3 Å². The van der Waals surface area contributed by atoms with Gasteiger partial charge in [-0.2, -0.15) is 11.3 Å². The lowest BCUT2D eigenvalue weighted by Gasteiger charge is -2.03. The van der Waals surface area contributed by atoms with Crippen molar-refractivity contribution in [2.45, 2.75) is 13.0 Å². The van der Waals surface area contributed by atoms with Crippen molar-refractivity contribution < 1.29 is 4.92 Å². The molecule has 0 aliphatic heterocycles. The molecule has 2 aromatic rings. The van der Waals surface area contributed by atoms with Gasteiger partial charge in [0, 0.05) is 18.7 Å². The van der Waals surface area contributed by atoms with Crippen molar-refractivity contribution in [1.29, 1.82) is 0 Å². The van der Waals surface area contributed by atoms with E-state index in [2.05, 4.69) is 22.1 Å². The maximum absolute atomic E-state index is 10.5. The van der Waals surface area contributed by atoms with E-state index >= 15 is 0 Å². The first-order valence-corrected chi connectivity index (χ1v) is 6.65. The van der Waals surface area contributed by atoms with Gasteiger partial charge in [-0.15, -0.1) is 0 Å². The summed E-state index contributed by atoms with van der Waals surface area (Å²) >= 11 is 1.71. The summed E-state index contributed by atoms with van der Waals surface area (Å²) in [5.41, 5.74) is 2.54. The second kappa shape index (κ2) is 6.28. The van der Waals surface area contributed by atoms with Gasteiger partial charge in [0.2, 0.25) is 0 Å². The van der Waals surface area contributed by atoms with E-state index in [1.165, 1.54) is 17.7 Å². The van der Waals surface area contributed by atoms with Crippen LogP contribution in [0.5, 0.6) is 0 Å². The fraction of sp³-hybridized carbons (Fsp3) is 0.231. The minimum absolute atomic E-state index is 0.136. The minimum Gasteiger partial charge on any atom is -0.312 e. The highest BCUT2D eigenvalue weighted by Crippen LogP contribution is 2.11. The third kappa shape index (κ3) is 3.65. The van der Waals surface area contributed by atoms with Gasteiger partial charge in [-0.3, -0.25) is 10.1 Å². The van der Waals surface area contributed by atoms with Gasteiger partial charge in [-0.05, 0) is 40.9 Å². The summed E-state index contributed by atoms with van der Waals surface area (Å²) in [5, 5.41) is 18.0. The number of rotatable bonds is 6. The summed E-state index contributed by atoms with van der Waals surface area (Å²) < 4.78 is 0. The number of nitrogens with zero attached hydrogens (tertiary/aromatic N) is 1. The molecule has 0 aliphatic rings. The molecule has 18 heavy (non-hydrogen) atoms. The van der Waals surface area contributed by atoms with Crippen LogP contribution >= 0.6 is 11.3 Å². The predicted octanol–water partition coefficient (Wildman–Crippen LogP) is 2.99. The molecule has 0 bridgehead atoms. The van der Waals surface area contributed by atoms with Crippen molar-refractivity contribution in [1.82, 2.24) is 5.32 Å². The zero-order valence-electron chi connectivity index (χ0n) is 9.83. The second-order valence-corrected chi connectivity index (χ2v) is 4.76. The molecule has 4 nitrogen and oxygen atoms in total. The Kier molecular flexibility index (Phi) is 4.44. The van der Waals surface area contributed by atoms with E-state index < -0.39 is 0 Å². The van der Waals surface area contributed by atoms with E-state index in [9.17, 15) is 10.1 Å². The van der Waals surface area contributed by atoms with Crippen LogP contribution in [0.3, 0.4) is 0 Å². The normalized spacial score (nSPS) is 10.4. The van der Waals surface area contributed by atoms with Crippen LogP contribution in [0.4, 0.5) is 5.69 Å². The Bertz CT molecular complexity index is 494.